The van der Waals surface area contributed by atoms with E-state index in [0.717, 1.165) is 61.3 Å². The largest absolute Gasteiger partial charge is 0.459 e. The fourth-order valence-electron chi connectivity index (χ4n) is 4.55. The molecule has 3 heterocycles. The van der Waals surface area contributed by atoms with Crippen LogP contribution in [0.2, 0.25) is 0 Å². The molecule has 0 bridgehead atoms. The number of amidine groups is 1. The van der Waals surface area contributed by atoms with Gasteiger partial charge in [-0.2, -0.15) is 0 Å². The molecule has 0 aliphatic carbocycles. The average molecular weight is 513 g/mol. The predicted molar refractivity (Wildman–Crippen MR) is 142 cm³/mol. The van der Waals surface area contributed by atoms with E-state index in [2.05, 4.69) is 10.2 Å². The van der Waals surface area contributed by atoms with Crippen LogP contribution in [0, 0.1) is 6.92 Å². The normalized spacial score (nSPS) is 20.2. The van der Waals surface area contributed by atoms with E-state index in [1.165, 1.54) is 11.8 Å². The maximum absolute atomic E-state index is 13.2. The second-order valence-corrected chi connectivity index (χ2v) is 10.4. The van der Waals surface area contributed by atoms with Crippen molar-refractivity contribution in [1.29, 1.82) is 0 Å². The van der Waals surface area contributed by atoms with Crippen LogP contribution in [0.4, 0.5) is 0 Å². The summed E-state index contributed by atoms with van der Waals surface area (Å²) in [6, 6.07) is 7.74. The van der Waals surface area contributed by atoms with Gasteiger partial charge in [-0.25, -0.2) is 9.79 Å². The van der Waals surface area contributed by atoms with Crippen molar-refractivity contribution in [3.8, 4) is 0 Å². The van der Waals surface area contributed by atoms with E-state index in [1.807, 2.05) is 62.3 Å². The Balaban J connectivity index is 1.47. The number of esters is 1. The first-order valence-corrected chi connectivity index (χ1v) is 13.5. The van der Waals surface area contributed by atoms with Crippen molar-refractivity contribution in [3.63, 3.8) is 0 Å². The molecular formula is C27H36N4O4S. The van der Waals surface area contributed by atoms with Gasteiger partial charge in [0.2, 0.25) is 5.91 Å². The molecule has 1 amide bonds. The molecule has 3 aliphatic rings. The van der Waals surface area contributed by atoms with Crippen LogP contribution in [0.15, 0.2) is 51.6 Å². The van der Waals surface area contributed by atoms with Crippen molar-refractivity contribution in [2.75, 3.05) is 39.4 Å². The van der Waals surface area contributed by atoms with E-state index in [0.29, 0.717) is 17.8 Å². The third kappa shape index (κ3) is 6.38. The molecule has 1 N–H and O–H groups in total. The number of hydrogen-bond acceptors (Lipinski definition) is 8. The van der Waals surface area contributed by atoms with Gasteiger partial charge in [0.25, 0.3) is 0 Å². The predicted octanol–water partition coefficient (Wildman–Crippen LogP) is 3.75. The van der Waals surface area contributed by atoms with Crippen LogP contribution in [0.5, 0.6) is 0 Å². The lowest BCUT2D eigenvalue weighted by Gasteiger charge is -2.36. The number of aliphatic imine (C=N–C) groups is 1. The SMILES string of the molecule is CC1=C(C(=O)OC(C)C)[C@H](c2ccc(C)cc2)N2C(CC(=O)NCCCN3CCOCC3)=CSC2=N1. The number of hydrogen-bond donors (Lipinski definition) is 1. The number of morpholine rings is 1. The number of carbonyl (C=O) groups is 2. The van der Waals surface area contributed by atoms with Gasteiger partial charge in [-0.3, -0.25) is 9.69 Å². The molecule has 0 unspecified atom stereocenters. The lowest BCUT2D eigenvalue weighted by atomic mass is 9.93. The van der Waals surface area contributed by atoms with Gasteiger partial charge in [0.1, 0.15) is 0 Å². The molecule has 1 atom stereocenters. The molecule has 194 valence electrons. The number of ether oxygens (including phenoxy) is 2. The summed E-state index contributed by atoms with van der Waals surface area (Å²) in [5.41, 5.74) is 4.08. The van der Waals surface area contributed by atoms with Crippen molar-refractivity contribution in [1.82, 2.24) is 15.1 Å². The minimum absolute atomic E-state index is 0.0367. The molecule has 0 saturated carbocycles. The van der Waals surface area contributed by atoms with Gasteiger partial charge in [0.05, 0.1) is 43.1 Å². The van der Waals surface area contributed by atoms with Crippen molar-refractivity contribution in [2.45, 2.75) is 52.7 Å². The minimum atomic E-state index is -0.403. The van der Waals surface area contributed by atoms with Gasteiger partial charge in [0.15, 0.2) is 5.17 Å². The minimum Gasteiger partial charge on any atom is -0.459 e. The topological polar surface area (TPSA) is 83.5 Å². The Morgan fingerprint density at radius 2 is 1.92 bits per heavy atom. The molecule has 1 aromatic rings. The number of nitrogens with zero attached hydrogens (tertiary/aromatic N) is 3. The lowest BCUT2D eigenvalue weighted by Crippen LogP contribution is -2.39. The summed E-state index contributed by atoms with van der Waals surface area (Å²) in [5.74, 6) is -0.412. The summed E-state index contributed by atoms with van der Waals surface area (Å²) in [6.07, 6.45) is 0.875. The molecule has 9 heteroatoms. The smallest absolute Gasteiger partial charge is 0.338 e. The zero-order valence-electron chi connectivity index (χ0n) is 21.6. The summed E-state index contributed by atoms with van der Waals surface area (Å²) in [4.78, 5) is 35.2. The summed E-state index contributed by atoms with van der Waals surface area (Å²) in [6.45, 7) is 12.6. The number of amides is 1. The van der Waals surface area contributed by atoms with E-state index < -0.39 is 6.04 Å². The highest BCUT2D eigenvalue weighted by molar-refractivity contribution is 8.16. The van der Waals surface area contributed by atoms with Crippen molar-refractivity contribution >= 4 is 28.8 Å². The first kappa shape index (κ1) is 26.4. The van der Waals surface area contributed by atoms with Crippen LogP contribution in [0.3, 0.4) is 0 Å². The highest BCUT2D eigenvalue weighted by Crippen LogP contribution is 2.44. The highest BCUT2D eigenvalue weighted by atomic mass is 32.2. The van der Waals surface area contributed by atoms with Crippen LogP contribution in [-0.2, 0) is 19.1 Å². The molecule has 0 radical (unpaired) electrons. The Labute approximate surface area is 217 Å². The molecule has 0 aromatic heterocycles. The molecule has 1 aromatic carbocycles. The van der Waals surface area contributed by atoms with E-state index in [4.69, 9.17) is 14.5 Å². The fourth-order valence-corrected chi connectivity index (χ4v) is 5.52. The van der Waals surface area contributed by atoms with Gasteiger partial charge < -0.3 is 19.7 Å². The Hall–Kier alpha value is -2.62. The monoisotopic (exact) mass is 512 g/mol. The molecule has 0 spiro atoms. The van der Waals surface area contributed by atoms with Gasteiger partial charge in [-0.1, -0.05) is 41.6 Å². The summed E-state index contributed by atoms with van der Waals surface area (Å²) < 4.78 is 11.0. The molecule has 36 heavy (non-hydrogen) atoms. The average Bonchev–Trinajstić information content (AvgIpc) is 3.23. The van der Waals surface area contributed by atoms with Crippen LogP contribution in [0.25, 0.3) is 0 Å². The summed E-state index contributed by atoms with van der Waals surface area (Å²) >= 11 is 1.49. The maximum Gasteiger partial charge on any atom is 0.338 e. The van der Waals surface area contributed by atoms with E-state index in [-0.39, 0.29) is 24.4 Å². The number of rotatable bonds is 9. The first-order chi connectivity index (χ1) is 17.3. The van der Waals surface area contributed by atoms with Crippen LogP contribution in [-0.4, -0.2) is 72.3 Å². The quantitative estimate of drug-likeness (QED) is 0.399. The zero-order chi connectivity index (χ0) is 25.7. The molecule has 8 nitrogen and oxygen atoms in total. The second-order valence-electron chi connectivity index (χ2n) is 9.59. The molecular weight excluding hydrogens is 476 g/mol. The Morgan fingerprint density at radius 1 is 1.19 bits per heavy atom. The third-order valence-corrected chi connectivity index (χ3v) is 7.26. The Morgan fingerprint density at radius 3 is 2.61 bits per heavy atom. The number of fused-ring (bicyclic) bond motifs is 1. The number of carbonyl (C=O) groups excluding carboxylic acids is 2. The Kier molecular flexibility index (Phi) is 8.87. The summed E-state index contributed by atoms with van der Waals surface area (Å²) in [7, 11) is 0. The molecule has 3 aliphatic heterocycles. The number of allylic oxidation sites excluding steroid dienone is 1. The maximum atomic E-state index is 13.2. The zero-order valence-corrected chi connectivity index (χ0v) is 22.4. The van der Waals surface area contributed by atoms with Gasteiger partial charge in [-0.15, -0.1) is 0 Å². The fraction of sp³-hybridized carbons (Fsp3) is 0.519. The highest BCUT2D eigenvalue weighted by Gasteiger charge is 2.41. The summed E-state index contributed by atoms with van der Waals surface area (Å²) in [5, 5.41) is 5.80. The third-order valence-electron chi connectivity index (χ3n) is 6.38. The Bertz CT molecular complexity index is 1060. The second kappa shape index (κ2) is 12.1. The number of nitrogens with one attached hydrogen (secondary N) is 1. The number of thioether (sulfide) groups is 1. The van der Waals surface area contributed by atoms with Crippen LogP contribution >= 0.6 is 11.8 Å². The number of aryl methyl sites for hydroxylation is 1. The van der Waals surface area contributed by atoms with Crippen molar-refractivity contribution < 1.29 is 19.1 Å². The van der Waals surface area contributed by atoms with Crippen molar-refractivity contribution in [3.05, 3.63) is 57.8 Å². The molecule has 1 fully saturated rings. The van der Waals surface area contributed by atoms with E-state index >= 15 is 0 Å². The van der Waals surface area contributed by atoms with Gasteiger partial charge >= 0.3 is 5.97 Å². The molecule has 1 saturated heterocycles. The lowest BCUT2D eigenvalue weighted by molar-refractivity contribution is -0.143. The van der Waals surface area contributed by atoms with E-state index in [1.54, 1.807) is 0 Å². The number of benzene rings is 1. The first-order valence-electron chi connectivity index (χ1n) is 12.6. The van der Waals surface area contributed by atoms with Crippen LogP contribution < -0.4 is 5.32 Å². The van der Waals surface area contributed by atoms with Crippen molar-refractivity contribution in [2.24, 2.45) is 4.99 Å². The van der Waals surface area contributed by atoms with Gasteiger partial charge in [0, 0.05) is 25.3 Å². The standard InChI is InChI=1S/C27H36N4O4S/c1-18(2)35-26(33)24-20(4)29-27-31(25(24)21-8-6-19(3)7-9-21)22(17-36-27)16-23(32)28-10-5-11-30-12-14-34-15-13-30/h6-9,17-18,25H,5,10-16H2,1-4H3,(H,28,32)/t25-/m0/s1. The van der Waals surface area contributed by atoms with Gasteiger partial charge in [-0.05, 0) is 51.6 Å². The molecule has 4 rings (SSSR count). The van der Waals surface area contributed by atoms with Crippen LogP contribution in [0.1, 0.15) is 50.8 Å². The van der Waals surface area contributed by atoms with E-state index in [9.17, 15) is 9.59 Å².